The minimum atomic E-state index is -0.517. The van der Waals surface area contributed by atoms with Gasteiger partial charge >= 0.3 is 0 Å². The quantitative estimate of drug-likeness (QED) is 0.499. The third-order valence-electron chi connectivity index (χ3n) is 4.74. The van der Waals surface area contributed by atoms with Crippen LogP contribution in [0.4, 0.5) is 0 Å². The van der Waals surface area contributed by atoms with Crippen molar-refractivity contribution in [3.63, 3.8) is 0 Å². The van der Waals surface area contributed by atoms with Crippen LogP contribution in [0.5, 0.6) is 23.0 Å². The predicted molar refractivity (Wildman–Crippen MR) is 113 cm³/mol. The second-order valence-corrected chi connectivity index (χ2v) is 6.61. The number of aromatic hydroxyl groups is 1. The van der Waals surface area contributed by atoms with E-state index < -0.39 is 11.2 Å². The molecule has 1 aromatic heterocycles. The van der Waals surface area contributed by atoms with E-state index in [4.69, 9.17) is 18.6 Å². The molecule has 0 aliphatic rings. The van der Waals surface area contributed by atoms with Crippen LogP contribution in [0.3, 0.4) is 0 Å². The van der Waals surface area contributed by atoms with Crippen molar-refractivity contribution in [2.45, 2.75) is 6.61 Å². The number of methoxy groups -OCH3 is 2. The summed E-state index contributed by atoms with van der Waals surface area (Å²) in [6.07, 6.45) is 0. The number of rotatable bonds is 6. The van der Waals surface area contributed by atoms with Gasteiger partial charge in [0.1, 0.15) is 17.9 Å². The Morgan fingerprint density at radius 1 is 0.900 bits per heavy atom. The van der Waals surface area contributed by atoms with E-state index in [0.717, 1.165) is 5.56 Å². The maximum Gasteiger partial charge on any atom is 0.235 e. The van der Waals surface area contributed by atoms with Crippen molar-refractivity contribution in [2.75, 3.05) is 14.2 Å². The lowest BCUT2D eigenvalue weighted by Crippen LogP contribution is -2.03. The largest absolute Gasteiger partial charge is 0.502 e. The molecule has 0 saturated heterocycles. The number of hydrogen-bond donors (Lipinski definition) is 1. The number of ether oxygens (including phenoxy) is 3. The molecule has 0 saturated carbocycles. The van der Waals surface area contributed by atoms with Gasteiger partial charge in [-0.25, -0.2) is 0 Å². The molecule has 6 nitrogen and oxygen atoms in total. The molecule has 4 aromatic rings. The minimum Gasteiger partial charge on any atom is -0.502 e. The zero-order chi connectivity index (χ0) is 21.1. The predicted octanol–water partition coefficient (Wildman–Crippen LogP) is 4.76. The van der Waals surface area contributed by atoms with Crippen LogP contribution in [-0.4, -0.2) is 19.3 Å². The molecule has 30 heavy (non-hydrogen) atoms. The molecule has 0 atom stereocenters. The SMILES string of the molecule is COc1ccc2c(=O)c(O)c(-c3ccc(OC)c(OCc4ccccc4)c3)oc2c1. The molecular weight excluding hydrogens is 384 g/mol. The van der Waals surface area contributed by atoms with E-state index in [0.29, 0.717) is 35.0 Å². The summed E-state index contributed by atoms with van der Waals surface area (Å²) in [7, 11) is 3.07. The fourth-order valence-corrected chi connectivity index (χ4v) is 3.15. The third-order valence-corrected chi connectivity index (χ3v) is 4.74. The van der Waals surface area contributed by atoms with Gasteiger partial charge in [0, 0.05) is 11.6 Å². The van der Waals surface area contributed by atoms with E-state index in [1.807, 2.05) is 30.3 Å². The highest BCUT2D eigenvalue weighted by Gasteiger charge is 2.18. The zero-order valence-electron chi connectivity index (χ0n) is 16.5. The molecule has 1 heterocycles. The van der Waals surface area contributed by atoms with E-state index in [1.165, 1.54) is 7.11 Å². The van der Waals surface area contributed by atoms with Gasteiger partial charge in [0.15, 0.2) is 17.3 Å². The summed E-state index contributed by atoms with van der Waals surface area (Å²) in [5.41, 5.74) is 1.28. The fourth-order valence-electron chi connectivity index (χ4n) is 3.15. The van der Waals surface area contributed by atoms with Gasteiger partial charge in [-0.1, -0.05) is 30.3 Å². The van der Waals surface area contributed by atoms with Gasteiger partial charge in [-0.2, -0.15) is 0 Å². The normalized spacial score (nSPS) is 10.7. The number of fused-ring (bicyclic) bond motifs is 1. The van der Waals surface area contributed by atoms with Gasteiger partial charge < -0.3 is 23.7 Å². The average molecular weight is 404 g/mol. The molecule has 0 bridgehead atoms. The van der Waals surface area contributed by atoms with Crippen molar-refractivity contribution < 1.29 is 23.7 Å². The maximum atomic E-state index is 12.6. The Balaban J connectivity index is 1.77. The Hall–Kier alpha value is -3.93. The van der Waals surface area contributed by atoms with Crippen LogP contribution in [0.1, 0.15) is 5.56 Å². The summed E-state index contributed by atoms with van der Waals surface area (Å²) < 4.78 is 22.4. The summed E-state index contributed by atoms with van der Waals surface area (Å²) in [6.45, 7) is 0.339. The van der Waals surface area contributed by atoms with E-state index in [-0.39, 0.29) is 11.1 Å². The first-order valence-corrected chi connectivity index (χ1v) is 9.29. The maximum absolute atomic E-state index is 12.6. The van der Waals surface area contributed by atoms with Gasteiger partial charge in [0.25, 0.3) is 0 Å². The van der Waals surface area contributed by atoms with Crippen LogP contribution in [-0.2, 0) is 6.61 Å². The monoisotopic (exact) mass is 404 g/mol. The van der Waals surface area contributed by atoms with E-state index >= 15 is 0 Å². The van der Waals surface area contributed by atoms with Crippen LogP contribution < -0.4 is 19.6 Å². The highest BCUT2D eigenvalue weighted by atomic mass is 16.5. The Morgan fingerprint density at radius 3 is 2.43 bits per heavy atom. The molecule has 0 unspecified atom stereocenters. The summed E-state index contributed by atoms with van der Waals surface area (Å²) in [5.74, 6) is 1.12. The Morgan fingerprint density at radius 2 is 1.70 bits per heavy atom. The Labute approximate surface area is 172 Å². The lowest BCUT2D eigenvalue weighted by Gasteiger charge is -2.13. The van der Waals surface area contributed by atoms with Gasteiger partial charge in [-0.3, -0.25) is 4.79 Å². The first-order chi connectivity index (χ1) is 14.6. The van der Waals surface area contributed by atoms with Crippen LogP contribution >= 0.6 is 0 Å². The second kappa shape index (κ2) is 8.21. The molecule has 0 amide bonds. The highest BCUT2D eigenvalue weighted by Crippen LogP contribution is 2.37. The van der Waals surface area contributed by atoms with Crippen molar-refractivity contribution in [1.82, 2.24) is 0 Å². The van der Waals surface area contributed by atoms with Gasteiger partial charge in [0.2, 0.25) is 11.2 Å². The molecule has 0 fully saturated rings. The lowest BCUT2D eigenvalue weighted by molar-refractivity contribution is 0.284. The van der Waals surface area contributed by atoms with Gasteiger partial charge in [0.05, 0.1) is 19.6 Å². The van der Waals surface area contributed by atoms with E-state index in [9.17, 15) is 9.90 Å². The van der Waals surface area contributed by atoms with Crippen molar-refractivity contribution in [3.8, 4) is 34.3 Å². The second-order valence-electron chi connectivity index (χ2n) is 6.61. The molecule has 4 rings (SSSR count). The van der Waals surface area contributed by atoms with Crippen molar-refractivity contribution in [1.29, 1.82) is 0 Å². The summed E-state index contributed by atoms with van der Waals surface area (Å²) in [6, 6.07) is 19.6. The van der Waals surface area contributed by atoms with Crippen molar-refractivity contribution >= 4 is 11.0 Å². The molecular formula is C24H20O6. The molecule has 152 valence electrons. The first kappa shape index (κ1) is 19.4. The molecule has 0 spiro atoms. The Kier molecular flexibility index (Phi) is 5.30. The van der Waals surface area contributed by atoms with E-state index in [1.54, 1.807) is 43.5 Å². The first-order valence-electron chi connectivity index (χ1n) is 9.29. The standard InChI is InChI=1S/C24H20O6/c1-27-17-9-10-18-20(13-17)30-24(23(26)22(18)25)16-8-11-19(28-2)21(12-16)29-14-15-6-4-3-5-7-15/h3-13,26H,14H2,1-2H3. The molecule has 0 aliphatic carbocycles. The van der Waals surface area contributed by atoms with Crippen molar-refractivity contribution in [2.24, 2.45) is 0 Å². The van der Waals surface area contributed by atoms with Gasteiger partial charge in [-0.15, -0.1) is 0 Å². The third kappa shape index (κ3) is 3.67. The fraction of sp³-hybridized carbons (Fsp3) is 0.125. The Bertz CT molecular complexity index is 1240. The summed E-state index contributed by atoms with van der Waals surface area (Å²) in [5, 5.41) is 10.8. The summed E-state index contributed by atoms with van der Waals surface area (Å²) >= 11 is 0. The average Bonchev–Trinajstić information content (AvgIpc) is 2.80. The molecule has 0 radical (unpaired) electrons. The molecule has 1 N–H and O–H groups in total. The van der Waals surface area contributed by atoms with Crippen LogP contribution in [0.2, 0.25) is 0 Å². The minimum absolute atomic E-state index is 0.0490. The van der Waals surface area contributed by atoms with Crippen molar-refractivity contribution in [3.05, 3.63) is 82.5 Å². The highest BCUT2D eigenvalue weighted by molar-refractivity contribution is 5.83. The smallest absolute Gasteiger partial charge is 0.235 e. The molecule has 6 heteroatoms. The lowest BCUT2D eigenvalue weighted by atomic mass is 10.1. The van der Waals surface area contributed by atoms with Crippen LogP contribution in [0, 0.1) is 0 Å². The van der Waals surface area contributed by atoms with Crippen LogP contribution in [0.25, 0.3) is 22.3 Å². The summed E-state index contributed by atoms with van der Waals surface area (Å²) in [4.78, 5) is 12.6. The molecule has 0 aliphatic heterocycles. The topological polar surface area (TPSA) is 78.1 Å². The number of benzene rings is 3. The zero-order valence-corrected chi connectivity index (χ0v) is 16.5. The van der Waals surface area contributed by atoms with Crippen LogP contribution in [0.15, 0.2) is 75.9 Å². The number of hydrogen-bond acceptors (Lipinski definition) is 6. The van der Waals surface area contributed by atoms with Gasteiger partial charge in [-0.05, 0) is 35.9 Å². The molecule has 3 aromatic carbocycles. The van der Waals surface area contributed by atoms with E-state index in [2.05, 4.69) is 0 Å².